The number of benzene rings is 2. The van der Waals surface area contributed by atoms with Crippen molar-refractivity contribution in [2.75, 3.05) is 73.1 Å². The molecule has 2 aromatic carbocycles. The van der Waals surface area contributed by atoms with E-state index in [0.717, 1.165) is 22.0 Å². The summed E-state index contributed by atoms with van der Waals surface area (Å²) >= 11 is 0. The largest absolute Gasteiger partial charge is 0.496 e. The average Bonchev–Trinajstić information content (AvgIpc) is 4.01. The van der Waals surface area contributed by atoms with Crippen LogP contribution in [0.15, 0.2) is 60.2 Å². The van der Waals surface area contributed by atoms with Gasteiger partial charge in [0.1, 0.15) is 17.2 Å². The number of carbonyl (C=O) groups excluding carboxylic acids is 5. The number of fused-ring (bicyclic) bond motifs is 6. The van der Waals surface area contributed by atoms with Gasteiger partial charge in [0.15, 0.2) is 6.10 Å². The molecule has 1 amide bonds. The number of para-hydroxylation sites is 1. The summed E-state index contributed by atoms with van der Waals surface area (Å²) in [6.07, 6.45) is 7.44. The summed E-state index contributed by atoms with van der Waals surface area (Å²) in [4.78, 5) is 82.5. The minimum atomic E-state index is -2.37. The Labute approximate surface area is 403 Å². The van der Waals surface area contributed by atoms with Crippen LogP contribution in [0.1, 0.15) is 82.2 Å². The molecule has 370 valence electrons. The Hall–Kier alpha value is -5.71. The Bertz CT molecular complexity index is 2640. The van der Waals surface area contributed by atoms with Gasteiger partial charge >= 0.3 is 23.9 Å². The van der Waals surface area contributed by atoms with Gasteiger partial charge in [0, 0.05) is 90.9 Å². The van der Waals surface area contributed by atoms with Crippen LogP contribution >= 0.6 is 0 Å². The van der Waals surface area contributed by atoms with Crippen LogP contribution in [0.5, 0.6) is 5.75 Å². The first-order chi connectivity index (χ1) is 33.1. The van der Waals surface area contributed by atoms with E-state index in [4.69, 9.17) is 23.7 Å². The lowest BCUT2D eigenvalue weighted by Gasteiger charge is -2.63. The third kappa shape index (κ3) is 6.81. The topological polar surface area (TPSA) is 189 Å². The van der Waals surface area contributed by atoms with Gasteiger partial charge in [0.2, 0.25) is 11.5 Å². The zero-order valence-electron chi connectivity index (χ0n) is 41.3. The number of methoxy groups -OCH3 is 4. The summed E-state index contributed by atoms with van der Waals surface area (Å²) in [5.74, 6) is -3.92. The van der Waals surface area contributed by atoms with Crippen LogP contribution in [0.4, 0.5) is 5.69 Å². The van der Waals surface area contributed by atoms with E-state index in [-0.39, 0.29) is 30.7 Å². The number of aromatic nitrogens is 1. The first-order valence-corrected chi connectivity index (χ1v) is 24.4. The molecule has 3 aromatic rings. The van der Waals surface area contributed by atoms with Crippen LogP contribution in [0.3, 0.4) is 0 Å². The molecule has 6 aliphatic rings. The maximum Gasteiger partial charge on any atom is 0.344 e. The highest BCUT2D eigenvalue weighted by Gasteiger charge is 2.80. The molecule has 2 fully saturated rings. The smallest absolute Gasteiger partial charge is 0.344 e. The van der Waals surface area contributed by atoms with Gasteiger partial charge in [0.05, 0.1) is 40.4 Å². The number of nitrogens with one attached hydrogen (secondary N) is 2. The van der Waals surface area contributed by atoms with Gasteiger partial charge < -0.3 is 44.0 Å². The maximum atomic E-state index is 15.8. The van der Waals surface area contributed by atoms with E-state index in [1.165, 1.54) is 28.3 Å². The van der Waals surface area contributed by atoms with Gasteiger partial charge in [-0.3, -0.25) is 29.0 Å². The van der Waals surface area contributed by atoms with Crippen molar-refractivity contribution < 1.29 is 52.8 Å². The maximum absolute atomic E-state index is 15.8. The van der Waals surface area contributed by atoms with Crippen LogP contribution in [0.2, 0.25) is 0 Å². The molecule has 3 N–H and O–H groups in total. The molecular formula is C53H67N5O11. The highest BCUT2D eigenvalue weighted by molar-refractivity contribution is 5.96. The molecule has 1 aromatic heterocycles. The van der Waals surface area contributed by atoms with Gasteiger partial charge in [-0.2, -0.15) is 0 Å². The molecule has 1 spiro atoms. The van der Waals surface area contributed by atoms with Crippen molar-refractivity contribution >= 4 is 46.4 Å². The number of aromatic amines is 1. The number of H-pyrrole nitrogens is 1. The van der Waals surface area contributed by atoms with Crippen LogP contribution in [0.25, 0.3) is 10.9 Å². The Morgan fingerprint density at radius 1 is 0.942 bits per heavy atom. The zero-order chi connectivity index (χ0) is 49.4. The fourth-order valence-corrected chi connectivity index (χ4v) is 14.4. The average molecular weight is 950 g/mol. The third-order valence-corrected chi connectivity index (χ3v) is 16.9. The Morgan fingerprint density at radius 2 is 1.70 bits per heavy atom. The lowest BCUT2D eigenvalue weighted by Crippen LogP contribution is -2.81. The number of likely N-dealkylation sites (N-methyl/N-ethyl adjacent to an activating group) is 1. The molecule has 69 heavy (non-hydrogen) atoms. The van der Waals surface area contributed by atoms with Gasteiger partial charge in [-0.05, 0) is 74.2 Å². The fraction of sp³-hybridized carbons (Fsp3) is 0.566. The van der Waals surface area contributed by atoms with Crippen LogP contribution in [0, 0.1) is 17.3 Å². The first kappa shape index (κ1) is 48.3. The second-order valence-electron chi connectivity index (χ2n) is 20.0. The summed E-state index contributed by atoms with van der Waals surface area (Å²) in [5.41, 5.74) is -1.18. The van der Waals surface area contributed by atoms with E-state index in [0.29, 0.717) is 86.7 Å². The minimum absolute atomic E-state index is 0.0371. The standard InChI is InChI=1S/C53H67N5O11/c1-10-20-54-43(60)41-35(44(61)66-7)24-34-33-16-13-14-17-38(33)55-42(34)52(48(62)67-8,27-32-23-31(11-2)28-58(41)29-32)37-25-36-39(26-40(37)65-6)56(5)46-51(36)19-22-57-21-15-18-50(12-3,45(51)57)47(69-30(4)59)53(46,64)49(63)68-9/h13-18,23,25-26,32,35,41,45-47,55,64H,10-12,19-22,24,27-29H2,1-9H3,(H,54,60)/t32-,35+,41-,45-,46?,47+,50+,51+,52-,53-/m0/s1. The van der Waals surface area contributed by atoms with Gasteiger partial charge in [-0.25, -0.2) is 4.79 Å². The minimum Gasteiger partial charge on any atom is -0.496 e. The Balaban J connectivity index is 1.38. The number of ether oxygens (including phenoxy) is 5. The van der Waals surface area contributed by atoms with E-state index in [1.807, 2.05) is 74.3 Å². The number of rotatable bonds is 11. The van der Waals surface area contributed by atoms with E-state index in [9.17, 15) is 24.3 Å². The summed E-state index contributed by atoms with van der Waals surface area (Å²) in [6.45, 7) is 9.74. The number of carbonyl (C=O) groups is 5. The molecular weight excluding hydrogens is 883 g/mol. The molecule has 1 saturated heterocycles. The van der Waals surface area contributed by atoms with Crippen LogP contribution < -0.4 is 15.0 Å². The highest BCUT2D eigenvalue weighted by Crippen LogP contribution is 2.68. The number of anilines is 1. The lowest BCUT2D eigenvalue weighted by atomic mass is 9.47. The Morgan fingerprint density at radius 3 is 2.36 bits per heavy atom. The number of hydrogen-bond donors (Lipinski definition) is 3. The SMILES string of the molecule is CCCNC(=O)[C@@H]1[C@H](C(=O)OC)Cc2c([nH]c3ccccc23)[C@@](C(=O)OC)(c2cc3c(cc2OC)N(C)C2[C@]34CCN3CC=C[C@@](CC)([C@@H](OC(C)=O)[C@]2(O)C(=O)OC)[C@H]34)C[C@@H]2C=C(CC)CN1C2. The van der Waals surface area contributed by atoms with Crippen molar-refractivity contribution in [1.82, 2.24) is 20.1 Å². The van der Waals surface area contributed by atoms with Gasteiger partial charge in [0.25, 0.3) is 0 Å². The number of aliphatic hydroxyl groups is 1. The molecule has 16 nitrogen and oxygen atoms in total. The Kier molecular flexibility index (Phi) is 12.5. The molecule has 11 atom stereocenters. The van der Waals surface area contributed by atoms with Crippen molar-refractivity contribution in [2.24, 2.45) is 17.3 Å². The monoisotopic (exact) mass is 949 g/mol. The summed E-state index contributed by atoms with van der Waals surface area (Å²) < 4.78 is 29.7. The molecule has 16 heteroatoms. The number of hydrogen-bond acceptors (Lipinski definition) is 14. The fourth-order valence-electron chi connectivity index (χ4n) is 14.4. The molecule has 1 saturated carbocycles. The second-order valence-corrected chi connectivity index (χ2v) is 20.0. The van der Waals surface area contributed by atoms with E-state index >= 15 is 4.79 Å². The molecule has 2 unspecified atom stereocenters. The van der Waals surface area contributed by atoms with E-state index in [1.54, 1.807) is 7.11 Å². The normalized spacial score (nSPS) is 33.2. The predicted octanol–water partition coefficient (Wildman–Crippen LogP) is 4.48. The van der Waals surface area contributed by atoms with Gasteiger partial charge in [-0.15, -0.1) is 0 Å². The quantitative estimate of drug-likeness (QED) is 0.139. The van der Waals surface area contributed by atoms with Crippen LogP contribution in [-0.2, 0) is 60.2 Å². The molecule has 2 bridgehead atoms. The molecule has 6 heterocycles. The number of nitrogens with zero attached hydrogens (tertiary/aromatic N) is 3. The van der Waals surface area contributed by atoms with Crippen LogP contribution in [-0.4, -0.2) is 148 Å². The van der Waals surface area contributed by atoms with E-state index in [2.05, 4.69) is 33.1 Å². The van der Waals surface area contributed by atoms with Crippen molar-refractivity contribution in [1.29, 1.82) is 0 Å². The van der Waals surface area contributed by atoms with Crippen molar-refractivity contribution in [3.63, 3.8) is 0 Å². The first-order valence-electron chi connectivity index (χ1n) is 24.4. The zero-order valence-corrected chi connectivity index (χ0v) is 41.3. The van der Waals surface area contributed by atoms with Crippen molar-refractivity contribution in [3.8, 4) is 5.75 Å². The number of esters is 4. The predicted molar refractivity (Wildman–Crippen MR) is 257 cm³/mol. The second kappa shape index (κ2) is 17.9. The molecule has 0 radical (unpaired) electrons. The number of amides is 1. The van der Waals surface area contributed by atoms with Gasteiger partial charge in [-0.1, -0.05) is 62.8 Å². The van der Waals surface area contributed by atoms with E-state index < -0.39 is 69.8 Å². The molecule has 1 aliphatic carbocycles. The third-order valence-electron chi connectivity index (χ3n) is 16.9. The summed E-state index contributed by atoms with van der Waals surface area (Å²) in [7, 11) is 7.34. The van der Waals surface area contributed by atoms with Crippen molar-refractivity contribution in [3.05, 3.63) is 82.6 Å². The van der Waals surface area contributed by atoms with Crippen molar-refractivity contribution in [2.45, 2.75) is 107 Å². The summed E-state index contributed by atoms with van der Waals surface area (Å²) in [6, 6.07) is 9.36. The summed E-state index contributed by atoms with van der Waals surface area (Å²) in [5, 5.41) is 17.3. The molecule has 5 aliphatic heterocycles. The lowest BCUT2D eigenvalue weighted by molar-refractivity contribution is -0.228. The highest BCUT2D eigenvalue weighted by atomic mass is 16.6. The molecule has 9 rings (SSSR count).